The summed E-state index contributed by atoms with van der Waals surface area (Å²) >= 11 is 0. The molecule has 14 rings (SSSR count). The van der Waals surface area contributed by atoms with E-state index in [1.54, 1.807) is 0 Å². The topological polar surface area (TPSA) is 35.6 Å². The number of nitrogens with zero attached hydrogens (tertiary/aromatic N) is 4. The summed E-state index contributed by atoms with van der Waals surface area (Å²) in [5.74, 6) is 1.15. The second kappa shape index (κ2) is 15.7. The molecule has 4 atom stereocenters. The lowest BCUT2D eigenvalue weighted by atomic mass is 9.62. The molecular weight excluding hydrogens is 849 g/mol. The molecule has 0 fully saturated rings. The summed E-state index contributed by atoms with van der Waals surface area (Å²) in [5, 5.41) is 4.04. The Hall–Kier alpha value is -8.08. The fourth-order valence-electron chi connectivity index (χ4n) is 12.8. The lowest BCUT2D eigenvalue weighted by molar-refractivity contribution is 0.584. The Bertz CT molecular complexity index is 3900. The van der Waals surface area contributed by atoms with E-state index in [0.29, 0.717) is 11.8 Å². The Labute approximate surface area is 409 Å². The highest BCUT2D eigenvalue weighted by molar-refractivity contribution is 6.15. The molecule has 0 amide bonds. The summed E-state index contributed by atoms with van der Waals surface area (Å²) in [6.07, 6.45) is 8.23. The molecule has 3 aliphatic carbocycles. The highest BCUT2D eigenvalue weighted by Gasteiger charge is 2.43. The number of hydrogen-bond acceptors (Lipinski definition) is 2. The molecule has 3 aliphatic rings. The van der Waals surface area contributed by atoms with Crippen LogP contribution in [0.3, 0.4) is 0 Å². The first-order chi connectivity index (χ1) is 34.4. The first kappa shape index (κ1) is 40.9. The molecule has 11 aromatic rings. The van der Waals surface area contributed by atoms with Gasteiger partial charge in [-0.05, 0) is 171 Å². The zero-order valence-corrected chi connectivity index (χ0v) is 40.0. The van der Waals surface area contributed by atoms with E-state index in [9.17, 15) is 0 Å². The number of pyridine rings is 2. The average Bonchev–Trinajstić information content (AvgIpc) is 3.93. The van der Waals surface area contributed by atoms with Gasteiger partial charge in [0, 0.05) is 62.3 Å². The number of aromatic nitrogens is 4. The van der Waals surface area contributed by atoms with Gasteiger partial charge in [-0.3, -0.25) is 9.97 Å². The van der Waals surface area contributed by atoms with Crippen molar-refractivity contribution in [3.8, 4) is 56.1 Å². The van der Waals surface area contributed by atoms with Crippen LogP contribution in [-0.4, -0.2) is 19.1 Å². The van der Waals surface area contributed by atoms with Gasteiger partial charge in [0.2, 0.25) is 0 Å². The van der Waals surface area contributed by atoms with Gasteiger partial charge in [0.1, 0.15) is 0 Å². The minimum Gasteiger partial charge on any atom is -0.313 e. The van der Waals surface area contributed by atoms with Crippen molar-refractivity contribution in [1.82, 2.24) is 19.1 Å². The number of rotatable bonds is 6. The van der Waals surface area contributed by atoms with Crippen molar-refractivity contribution in [3.05, 3.63) is 227 Å². The van der Waals surface area contributed by atoms with Crippen LogP contribution in [0.4, 0.5) is 0 Å². The molecule has 0 N–H and O–H groups in total. The van der Waals surface area contributed by atoms with Crippen molar-refractivity contribution < 1.29 is 0 Å². The third-order valence-electron chi connectivity index (χ3n) is 16.6. The van der Waals surface area contributed by atoms with E-state index >= 15 is 0 Å². The van der Waals surface area contributed by atoms with Gasteiger partial charge in [0.05, 0.1) is 27.9 Å². The van der Waals surface area contributed by atoms with Crippen LogP contribution in [-0.2, 0) is 6.42 Å². The molecule has 70 heavy (non-hydrogen) atoms. The molecule has 0 bridgehead atoms. The molecule has 0 spiro atoms. The van der Waals surface area contributed by atoms with Crippen molar-refractivity contribution >= 4 is 44.4 Å². The molecule has 4 nitrogen and oxygen atoms in total. The Morgan fingerprint density at radius 3 is 1.49 bits per heavy atom. The highest BCUT2D eigenvalue weighted by atomic mass is 15.0. The van der Waals surface area contributed by atoms with Gasteiger partial charge < -0.3 is 9.13 Å². The van der Waals surface area contributed by atoms with Gasteiger partial charge in [-0.25, -0.2) is 0 Å². The monoisotopic (exact) mass is 900 g/mol. The molecule has 0 aliphatic heterocycles. The van der Waals surface area contributed by atoms with Crippen LogP contribution in [0.2, 0.25) is 0 Å². The highest BCUT2D eigenvalue weighted by Crippen LogP contribution is 2.61. The lowest BCUT2D eigenvalue weighted by Crippen LogP contribution is -2.24. The van der Waals surface area contributed by atoms with Crippen molar-refractivity contribution in [2.45, 2.75) is 64.2 Å². The number of hydrogen-bond donors (Lipinski definition) is 0. The first-order valence-electron chi connectivity index (χ1n) is 25.2. The predicted molar refractivity (Wildman–Crippen MR) is 291 cm³/mol. The van der Waals surface area contributed by atoms with E-state index in [2.05, 4.69) is 217 Å². The maximum atomic E-state index is 4.62. The normalized spacial score (nSPS) is 18.0. The number of allylic oxidation sites excluding steroid dienone is 1. The fourth-order valence-corrected chi connectivity index (χ4v) is 12.8. The quantitative estimate of drug-likeness (QED) is 0.167. The van der Waals surface area contributed by atoms with Crippen LogP contribution >= 0.6 is 0 Å². The molecule has 0 saturated heterocycles. The molecule has 4 unspecified atom stereocenters. The first-order valence-corrected chi connectivity index (χ1v) is 25.2. The molecule has 4 heteroatoms. The van der Waals surface area contributed by atoms with E-state index in [1.807, 2.05) is 24.5 Å². The standard InChI is InChI=1S/C66H52N4/c1-39-40(2)52-38-56-54-36-48(44-23-27-46(28-24-44)58-20-12-14-34-68-58)30-32-60(54)70(50-17-9-6-10-18-50)66(56)62-42(4)41(3)61-63(64(52)62)51(39)37-55-53-35-47(43-21-25-45(26-22-43)57-19-11-13-33-67-57)29-31-59(53)69(65(55)61)49-15-7-5-8-16-49/h5-29,31,33-42H,30,32H2,1-4H3. The molecular formula is C66H52N4. The minimum absolute atomic E-state index is 0.245. The minimum atomic E-state index is 0.245. The number of para-hydroxylation sites is 2. The second-order valence-corrected chi connectivity index (χ2v) is 20.1. The fraction of sp³-hybridized carbons (Fsp3) is 0.152. The Balaban J connectivity index is 1.01. The molecule has 0 radical (unpaired) electrons. The Kier molecular flexibility index (Phi) is 9.20. The number of fused-ring (bicyclic) bond motifs is 8. The predicted octanol–water partition coefficient (Wildman–Crippen LogP) is 17.1. The molecule has 7 aromatic carbocycles. The SMILES string of the molecule is CC1c2cc3c4c(n(-c5ccccc5)c3c3c2-c2c(cc5c6cc(-c7ccc(-c8ccccn8)cc7)ccc6n(-c6ccccc6)c5c2C(C)C3C)C1C)CCC(c1ccc(-c2ccccn2)cc1)=C4. The van der Waals surface area contributed by atoms with Crippen LogP contribution in [0.5, 0.6) is 0 Å². The maximum absolute atomic E-state index is 4.62. The summed E-state index contributed by atoms with van der Waals surface area (Å²) in [7, 11) is 0. The van der Waals surface area contributed by atoms with Gasteiger partial charge in [-0.2, -0.15) is 0 Å². The number of benzene rings is 7. The summed E-state index contributed by atoms with van der Waals surface area (Å²) in [5.41, 5.74) is 27.5. The van der Waals surface area contributed by atoms with E-state index in [1.165, 1.54) is 111 Å². The van der Waals surface area contributed by atoms with Crippen LogP contribution in [0.25, 0.3) is 101 Å². The summed E-state index contributed by atoms with van der Waals surface area (Å²) in [6, 6.07) is 64.9. The van der Waals surface area contributed by atoms with Crippen LogP contribution in [0.1, 0.15) is 96.9 Å². The van der Waals surface area contributed by atoms with E-state index < -0.39 is 0 Å². The smallest absolute Gasteiger partial charge is 0.0701 e. The van der Waals surface area contributed by atoms with E-state index in [0.717, 1.165) is 35.4 Å². The van der Waals surface area contributed by atoms with Gasteiger partial charge in [0.25, 0.3) is 0 Å². The van der Waals surface area contributed by atoms with Crippen molar-refractivity contribution in [2.75, 3.05) is 0 Å². The van der Waals surface area contributed by atoms with Crippen LogP contribution in [0, 0.1) is 0 Å². The van der Waals surface area contributed by atoms with Crippen molar-refractivity contribution in [3.63, 3.8) is 0 Å². The van der Waals surface area contributed by atoms with Gasteiger partial charge in [0.15, 0.2) is 0 Å². The van der Waals surface area contributed by atoms with E-state index in [-0.39, 0.29) is 11.8 Å². The van der Waals surface area contributed by atoms with Crippen molar-refractivity contribution in [2.24, 2.45) is 0 Å². The van der Waals surface area contributed by atoms with Gasteiger partial charge >= 0.3 is 0 Å². The summed E-state index contributed by atoms with van der Waals surface area (Å²) < 4.78 is 5.25. The Morgan fingerprint density at radius 2 is 0.914 bits per heavy atom. The lowest BCUT2D eigenvalue weighted by Gasteiger charge is -2.42. The van der Waals surface area contributed by atoms with Crippen LogP contribution in [0.15, 0.2) is 188 Å². The zero-order chi connectivity index (χ0) is 46.8. The molecule has 336 valence electrons. The zero-order valence-electron chi connectivity index (χ0n) is 40.0. The maximum Gasteiger partial charge on any atom is 0.0701 e. The van der Waals surface area contributed by atoms with Gasteiger partial charge in [-0.1, -0.05) is 131 Å². The molecule has 4 aromatic heterocycles. The molecule has 4 heterocycles. The van der Waals surface area contributed by atoms with Crippen molar-refractivity contribution in [1.29, 1.82) is 0 Å². The summed E-state index contributed by atoms with van der Waals surface area (Å²) in [4.78, 5) is 9.24. The van der Waals surface area contributed by atoms with E-state index in [4.69, 9.17) is 0 Å². The third-order valence-corrected chi connectivity index (χ3v) is 16.6. The summed E-state index contributed by atoms with van der Waals surface area (Å²) in [6.45, 7) is 10.0. The average molecular weight is 901 g/mol. The van der Waals surface area contributed by atoms with Gasteiger partial charge in [-0.15, -0.1) is 0 Å². The second-order valence-electron chi connectivity index (χ2n) is 20.1. The Morgan fingerprint density at radius 1 is 0.414 bits per heavy atom. The third kappa shape index (κ3) is 6.02. The molecule has 0 saturated carbocycles. The largest absolute Gasteiger partial charge is 0.313 e. The van der Waals surface area contributed by atoms with Crippen LogP contribution < -0.4 is 0 Å².